The van der Waals surface area contributed by atoms with E-state index < -0.39 is 0 Å². The summed E-state index contributed by atoms with van der Waals surface area (Å²) in [4.78, 5) is 0. The van der Waals surface area contributed by atoms with Crippen molar-refractivity contribution in [1.82, 2.24) is 15.1 Å². The molecule has 0 amide bonds. The van der Waals surface area contributed by atoms with Crippen LogP contribution in [0.1, 0.15) is 35.4 Å². The van der Waals surface area contributed by atoms with Crippen LogP contribution in [0.3, 0.4) is 0 Å². The fourth-order valence-electron chi connectivity index (χ4n) is 2.92. The highest BCUT2D eigenvalue weighted by Crippen LogP contribution is 2.36. The van der Waals surface area contributed by atoms with Gasteiger partial charge in [-0.2, -0.15) is 5.10 Å². The van der Waals surface area contributed by atoms with Crippen LogP contribution >= 0.6 is 0 Å². The summed E-state index contributed by atoms with van der Waals surface area (Å²) < 4.78 is 1.87. The van der Waals surface area contributed by atoms with Crippen molar-refractivity contribution in [3.8, 4) is 0 Å². The van der Waals surface area contributed by atoms with Gasteiger partial charge in [-0.1, -0.05) is 29.8 Å². The molecule has 1 N–H and O–H groups in total. The maximum absolute atomic E-state index is 4.20. The Hall–Kier alpha value is -1.61. The lowest BCUT2D eigenvalue weighted by atomic mass is 9.75. The lowest BCUT2D eigenvalue weighted by molar-refractivity contribution is 0.293. The zero-order chi connectivity index (χ0) is 13.9. The summed E-state index contributed by atoms with van der Waals surface area (Å²) in [7, 11) is 1.97. The lowest BCUT2D eigenvalue weighted by Crippen LogP contribution is -2.40. The Morgan fingerprint density at radius 3 is 2.65 bits per heavy atom. The number of aromatic nitrogens is 2. The second kappa shape index (κ2) is 5.80. The second-order valence-corrected chi connectivity index (χ2v) is 6.00. The van der Waals surface area contributed by atoms with Crippen molar-refractivity contribution in [3.05, 3.63) is 53.3 Å². The molecule has 106 valence electrons. The molecule has 1 fully saturated rings. The average molecular weight is 269 g/mol. The number of benzene rings is 1. The molecule has 0 atom stereocenters. The maximum Gasteiger partial charge on any atom is 0.0522 e. The first-order valence-corrected chi connectivity index (χ1v) is 7.48. The number of nitrogens with zero attached hydrogens (tertiary/aromatic N) is 2. The molecule has 1 aromatic carbocycles. The van der Waals surface area contributed by atoms with E-state index in [9.17, 15) is 0 Å². The van der Waals surface area contributed by atoms with Crippen molar-refractivity contribution in [2.75, 3.05) is 6.54 Å². The minimum atomic E-state index is 0.693. The van der Waals surface area contributed by atoms with Gasteiger partial charge in [-0.05, 0) is 49.8 Å². The zero-order valence-corrected chi connectivity index (χ0v) is 12.3. The molecule has 2 aromatic rings. The van der Waals surface area contributed by atoms with Crippen molar-refractivity contribution in [2.24, 2.45) is 7.05 Å². The number of hydrogen-bond donors (Lipinski definition) is 1. The highest BCUT2D eigenvalue weighted by Gasteiger charge is 2.29. The molecule has 1 saturated carbocycles. The first-order valence-electron chi connectivity index (χ1n) is 7.48. The van der Waals surface area contributed by atoms with Gasteiger partial charge in [0.25, 0.3) is 0 Å². The smallest absolute Gasteiger partial charge is 0.0522 e. The maximum atomic E-state index is 4.20. The van der Waals surface area contributed by atoms with E-state index >= 15 is 0 Å². The van der Waals surface area contributed by atoms with Gasteiger partial charge in [0.05, 0.1) is 6.20 Å². The summed E-state index contributed by atoms with van der Waals surface area (Å²) in [5, 5.41) is 7.85. The molecule has 0 unspecified atom stereocenters. The summed E-state index contributed by atoms with van der Waals surface area (Å²) >= 11 is 0. The topological polar surface area (TPSA) is 29.9 Å². The first-order chi connectivity index (χ1) is 9.70. The number of aryl methyl sites for hydroxylation is 2. The van der Waals surface area contributed by atoms with E-state index in [2.05, 4.69) is 47.8 Å². The first kappa shape index (κ1) is 13.4. The van der Waals surface area contributed by atoms with Crippen LogP contribution in [0, 0.1) is 6.92 Å². The van der Waals surface area contributed by atoms with Gasteiger partial charge in [0.15, 0.2) is 0 Å². The summed E-state index contributed by atoms with van der Waals surface area (Å²) in [6.07, 6.45) is 7.67. The number of rotatable bonds is 5. The summed E-state index contributed by atoms with van der Waals surface area (Å²) in [5.74, 6) is 0.756. The van der Waals surface area contributed by atoms with Crippen LogP contribution in [0.2, 0.25) is 0 Å². The van der Waals surface area contributed by atoms with Gasteiger partial charge >= 0.3 is 0 Å². The molecule has 1 aliphatic carbocycles. The summed E-state index contributed by atoms with van der Waals surface area (Å²) in [6, 6.07) is 9.70. The van der Waals surface area contributed by atoms with E-state index in [4.69, 9.17) is 0 Å². The third-order valence-electron chi connectivity index (χ3n) is 4.29. The van der Waals surface area contributed by atoms with Crippen molar-refractivity contribution in [2.45, 2.75) is 38.1 Å². The van der Waals surface area contributed by atoms with Crippen LogP contribution in [-0.2, 0) is 13.5 Å². The highest BCUT2D eigenvalue weighted by molar-refractivity contribution is 5.26. The number of nitrogens with one attached hydrogen (secondary N) is 1. The molecule has 3 rings (SSSR count). The second-order valence-electron chi connectivity index (χ2n) is 6.00. The Kier molecular flexibility index (Phi) is 3.88. The van der Waals surface area contributed by atoms with E-state index in [0.717, 1.165) is 18.9 Å². The molecular formula is C17H23N3. The molecule has 1 aromatic heterocycles. The minimum absolute atomic E-state index is 0.693. The van der Waals surface area contributed by atoms with E-state index in [0.29, 0.717) is 6.04 Å². The Balaban J connectivity index is 1.39. The van der Waals surface area contributed by atoms with E-state index in [1.807, 2.05) is 17.9 Å². The average Bonchev–Trinajstić information content (AvgIpc) is 2.80. The molecule has 0 saturated heterocycles. The molecule has 0 radical (unpaired) electrons. The van der Waals surface area contributed by atoms with Crippen LogP contribution in [-0.4, -0.2) is 22.4 Å². The quantitative estimate of drug-likeness (QED) is 0.904. The highest BCUT2D eigenvalue weighted by atomic mass is 15.2. The molecule has 3 nitrogen and oxygen atoms in total. The number of hydrogen-bond acceptors (Lipinski definition) is 2. The Morgan fingerprint density at radius 1 is 1.25 bits per heavy atom. The molecular weight excluding hydrogens is 246 g/mol. The van der Waals surface area contributed by atoms with Crippen LogP contribution in [0.5, 0.6) is 0 Å². The van der Waals surface area contributed by atoms with Gasteiger partial charge in [-0.15, -0.1) is 0 Å². The van der Waals surface area contributed by atoms with Gasteiger partial charge in [-0.3, -0.25) is 4.68 Å². The monoisotopic (exact) mass is 269 g/mol. The molecule has 1 heterocycles. The molecule has 0 bridgehead atoms. The van der Waals surface area contributed by atoms with Gasteiger partial charge in [0, 0.05) is 19.3 Å². The standard InChI is InChI=1S/C17H23N3/c1-13-3-5-15(6-4-13)16-9-17(10-16)18-8-7-14-11-19-20(2)12-14/h3-6,11-12,16-18H,7-10H2,1-2H3. The van der Waals surface area contributed by atoms with Crippen molar-refractivity contribution in [1.29, 1.82) is 0 Å². The van der Waals surface area contributed by atoms with E-state index in [1.165, 1.54) is 29.5 Å². The fraction of sp³-hybridized carbons (Fsp3) is 0.471. The largest absolute Gasteiger partial charge is 0.314 e. The van der Waals surface area contributed by atoms with Crippen molar-refractivity contribution < 1.29 is 0 Å². The Labute approximate surface area is 121 Å². The van der Waals surface area contributed by atoms with Gasteiger partial charge in [-0.25, -0.2) is 0 Å². The Bertz CT molecular complexity index is 550. The SMILES string of the molecule is Cc1ccc(C2CC(NCCc3cnn(C)c3)C2)cc1. The molecule has 1 aliphatic rings. The zero-order valence-electron chi connectivity index (χ0n) is 12.3. The van der Waals surface area contributed by atoms with Gasteiger partial charge in [0.2, 0.25) is 0 Å². The predicted octanol–water partition coefficient (Wildman–Crippen LogP) is 2.81. The van der Waals surface area contributed by atoms with E-state index in [1.54, 1.807) is 0 Å². The predicted molar refractivity (Wildman–Crippen MR) is 81.9 cm³/mol. The molecule has 3 heteroatoms. The van der Waals surface area contributed by atoms with Crippen molar-refractivity contribution >= 4 is 0 Å². The van der Waals surface area contributed by atoms with E-state index in [-0.39, 0.29) is 0 Å². The third kappa shape index (κ3) is 3.10. The molecule has 20 heavy (non-hydrogen) atoms. The van der Waals surface area contributed by atoms with Gasteiger partial charge in [0.1, 0.15) is 0 Å². The summed E-state index contributed by atoms with van der Waals surface area (Å²) in [5.41, 5.74) is 4.16. The molecule has 0 aliphatic heterocycles. The van der Waals surface area contributed by atoms with Crippen LogP contribution < -0.4 is 5.32 Å². The molecule has 0 spiro atoms. The van der Waals surface area contributed by atoms with Crippen molar-refractivity contribution in [3.63, 3.8) is 0 Å². The fourth-order valence-corrected chi connectivity index (χ4v) is 2.92. The van der Waals surface area contributed by atoms with Crippen LogP contribution in [0.15, 0.2) is 36.7 Å². The summed E-state index contributed by atoms with van der Waals surface area (Å²) in [6.45, 7) is 3.20. The van der Waals surface area contributed by atoms with Crippen LogP contribution in [0.25, 0.3) is 0 Å². The minimum Gasteiger partial charge on any atom is -0.314 e. The Morgan fingerprint density at radius 2 is 2.00 bits per heavy atom. The van der Waals surface area contributed by atoms with Gasteiger partial charge < -0.3 is 5.32 Å². The lowest BCUT2D eigenvalue weighted by Gasteiger charge is -2.36. The van der Waals surface area contributed by atoms with Crippen LogP contribution in [0.4, 0.5) is 0 Å². The third-order valence-corrected chi connectivity index (χ3v) is 4.29. The normalized spacial score (nSPS) is 21.7.